The smallest absolute Gasteiger partial charge is 0.305 e. The molecule has 0 aliphatic carbocycles. The Morgan fingerprint density at radius 2 is 0.892 bits per heavy atom. The fourth-order valence-corrected chi connectivity index (χ4v) is 7.91. The van der Waals surface area contributed by atoms with Gasteiger partial charge in [-0.25, -0.2) is 19.6 Å². The summed E-state index contributed by atoms with van der Waals surface area (Å²) in [6, 6.07) is 0. The average Bonchev–Trinajstić information content (AvgIpc) is 3.89. The van der Waals surface area contributed by atoms with Gasteiger partial charge in [0.15, 0.2) is 0 Å². The summed E-state index contributed by atoms with van der Waals surface area (Å²) in [4.78, 5) is 36.6. The zero-order chi connectivity index (χ0) is 53.8. The molecule has 0 saturated carbocycles. The van der Waals surface area contributed by atoms with Crippen molar-refractivity contribution >= 4 is 5.97 Å². The lowest BCUT2D eigenvalue weighted by Crippen LogP contribution is -2.31. The van der Waals surface area contributed by atoms with Crippen LogP contribution in [0.3, 0.4) is 0 Å². The number of hydrogen-bond acceptors (Lipinski definition) is 13. The van der Waals surface area contributed by atoms with Crippen molar-refractivity contribution in [2.24, 2.45) is 5.92 Å². The van der Waals surface area contributed by atoms with Crippen molar-refractivity contribution in [3.05, 3.63) is 69.9 Å². The van der Waals surface area contributed by atoms with Crippen molar-refractivity contribution in [1.29, 1.82) is 0 Å². The first-order valence-corrected chi connectivity index (χ1v) is 28.9. The van der Waals surface area contributed by atoms with Crippen molar-refractivity contribution in [1.82, 2.24) is 10.2 Å². The van der Waals surface area contributed by atoms with E-state index in [2.05, 4.69) is 102 Å². The Kier molecular flexibility index (Phi) is 49.3. The minimum absolute atomic E-state index is 0.140. The van der Waals surface area contributed by atoms with Crippen molar-refractivity contribution < 1.29 is 52.8 Å². The maximum absolute atomic E-state index is 12.6. The predicted molar refractivity (Wildman–Crippen MR) is 303 cm³/mol. The molecule has 74 heavy (non-hydrogen) atoms. The Morgan fingerprint density at radius 1 is 0.459 bits per heavy atom. The van der Waals surface area contributed by atoms with E-state index in [1.807, 2.05) is 0 Å². The van der Waals surface area contributed by atoms with Crippen LogP contribution in [0.5, 0.6) is 0 Å². The number of nitrogens with one attached hydrogen (secondary N) is 1. The Labute approximate surface area is 452 Å². The van der Waals surface area contributed by atoms with Crippen LogP contribution in [-0.2, 0) is 52.8 Å². The van der Waals surface area contributed by atoms with Crippen LogP contribution in [0.1, 0.15) is 197 Å². The van der Waals surface area contributed by atoms with E-state index >= 15 is 0 Å². The summed E-state index contributed by atoms with van der Waals surface area (Å²) in [5.41, 5.74) is 8.34. The first-order valence-electron chi connectivity index (χ1n) is 28.9. The lowest BCUT2D eigenvalue weighted by atomic mass is 10.1. The van der Waals surface area contributed by atoms with Gasteiger partial charge in [0.1, 0.15) is 26.8 Å². The molecule has 1 rings (SSSR count). The second kappa shape index (κ2) is 52.5. The molecular weight excluding hydrogens is 937 g/mol. The number of ether oxygens (including phenoxy) is 6. The highest BCUT2D eigenvalue weighted by atomic mass is 17.2. The topological polar surface area (TPSA) is 125 Å². The summed E-state index contributed by atoms with van der Waals surface area (Å²) in [6.07, 6.45) is 36.2. The number of carbonyl (C=O) groups is 1. The molecule has 1 heterocycles. The quantitative estimate of drug-likeness (QED) is 0.0155. The van der Waals surface area contributed by atoms with E-state index < -0.39 is 0 Å². The Bertz CT molecular complexity index is 1410. The molecule has 0 aromatic rings. The highest BCUT2D eigenvalue weighted by molar-refractivity contribution is 5.69. The molecule has 13 heteroatoms. The number of nitrogens with zero attached hydrogens (tertiary/aromatic N) is 1. The van der Waals surface area contributed by atoms with Crippen molar-refractivity contribution in [3.8, 4) is 0 Å². The summed E-state index contributed by atoms with van der Waals surface area (Å²) in [7, 11) is 0. The zero-order valence-corrected chi connectivity index (χ0v) is 48.6. The Balaban J connectivity index is 2.18. The van der Waals surface area contributed by atoms with Crippen LogP contribution < -0.4 is 5.32 Å². The highest BCUT2D eigenvalue weighted by Crippen LogP contribution is 2.14. The molecule has 13 nitrogen and oxygen atoms in total. The molecule has 0 atom stereocenters. The molecule has 1 aliphatic rings. The van der Waals surface area contributed by atoms with Crippen LogP contribution in [0.4, 0.5) is 0 Å². The first-order chi connectivity index (χ1) is 36.0. The van der Waals surface area contributed by atoms with E-state index in [1.165, 1.54) is 59.4 Å². The molecule has 430 valence electrons. The molecule has 0 spiro atoms. The van der Waals surface area contributed by atoms with Crippen LogP contribution in [0.2, 0.25) is 0 Å². The van der Waals surface area contributed by atoms with Crippen molar-refractivity contribution in [3.63, 3.8) is 0 Å². The van der Waals surface area contributed by atoms with Gasteiger partial charge in [0.2, 0.25) is 0 Å². The number of unbranched alkanes of at least 4 members (excludes halogenated alkanes) is 8. The van der Waals surface area contributed by atoms with Gasteiger partial charge >= 0.3 is 5.97 Å². The molecule has 1 aliphatic heterocycles. The Morgan fingerprint density at radius 3 is 1.38 bits per heavy atom. The molecule has 0 bridgehead atoms. The number of likely N-dealkylation sites (tertiary alicyclic amines) is 1. The van der Waals surface area contributed by atoms with Crippen LogP contribution in [0.25, 0.3) is 0 Å². The Hall–Kier alpha value is -2.53. The monoisotopic (exact) mass is 1050 g/mol. The summed E-state index contributed by atoms with van der Waals surface area (Å²) in [6.45, 7) is 27.4. The first kappa shape index (κ1) is 69.5. The third-order valence-corrected chi connectivity index (χ3v) is 12.6. The SMILES string of the molecule is CC(C)=CCC/C(C)=C/CC/C(C)=C/COOCCCCCCCOCOCC(COCOCCCCCCCOOC/C=C(\C)CC/C=C(\C)CCC=C(C)C)COC(=O)CCCOCNCCN1CCCC1. The van der Waals surface area contributed by atoms with Gasteiger partial charge in [-0.05, 0) is 165 Å². The van der Waals surface area contributed by atoms with E-state index in [-0.39, 0.29) is 32.1 Å². The largest absolute Gasteiger partial charge is 0.465 e. The lowest BCUT2D eigenvalue weighted by molar-refractivity contribution is -0.286. The van der Waals surface area contributed by atoms with Crippen LogP contribution in [-0.4, -0.2) is 123 Å². The molecule has 0 unspecified atom stereocenters. The second-order valence-corrected chi connectivity index (χ2v) is 20.7. The molecule has 0 radical (unpaired) electrons. The summed E-state index contributed by atoms with van der Waals surface area (Å²) in [5, 5.41) is 3.32. The maximum atomic E-state index is 12.6. The van der Waals surface area contributed by atoms with Crippen molar-refractivity contribution in [2.45, 2.75) is 197 Å². The van der Waals surface area contributed by atoms with E-state index in [1.54, 1.807) is 0 Å². The van der Waals surface area contributed by atoms with Gasteiger partial charge in [0, 0.05) is 45.2 Å². The molecule has 1 N–H and O–H groups in total. The zero-order valence-electron chi connectivity index (χ0n) is 48.6. The van der Waals surface area contributed by atoms with Gasteiger partial charge in [-0.2, -0.15) is 0 Å². The number of rotatable bonds is 53. The predicted octanol–water partition coefficient (Wildman–Crippen LogP) is 14.2. The number of hydrogen-bond donors (Lipinski definition) is 1. The second-order valence-electron chi connectivity index (χ2n) is 20.7. The standard InChI is InChI=1S/C61H110N2O11/c1-54(2)26-21-28-56(5)30-23-32-58(7)35-46-73-71-44-19-13-9-11-17-41-66-52-68-48-60(50-70-61(64)34-25-43-65-51-62-37-40-63-38-15-16-39-63)49-69-53-67-42-18-12-10-14-20-45-72-74-47-36-59(8)33-24-31-57(6)29-22-27-55(3)4/h26-27,30-31,35-36,60,62H,9-25,28-29,32-34,37-53H2,1-8H3/b56-30+,57-31+,58-35+,59-36+. The molecule has 0 aromatic heterocycles. The van der Waals surface area contributed by atoms with Crippen molar-refractivity contribution in [2.75, 3.05) is 113 Å². The van der Waals surface area contributed by atoms with Crippen LogP contribution in [0.15, 0.2) is 69.9 Å². The normalized spacial score (nSPS) is 14.3. The molecule has 1 saturated heterocycles. The molecule has 0 amide bonds. The number of carbonyl (C=O) groups excluding carboxylic acids is 1. The molecule has 1 fully saturated rings. The van der Waals surface area contributed by atoms with Gasteiger partial charge in [-0.3, -0.25) is 10.1 Å². The summed E-state index contributed by atoms with van der Waals surface area (Å²) < 4.78 is 34.5. The van der Waals surface area contributed by atoms with E-state index in [9.17, 15) is 4.79 Å². The van der Waals surface area contributed by atoms with E-state index in [0.717, 1.165) is 129 Å². The van der Waals surface area contributed by atoms with E-state index in [4.69, 9.17) is 48.0 Å². The fourth-order valence-electron chi connectivity index (χ4n) is 7.91. The van der Waals surface area contributed by atoms with Gasteiger partial charge in [0.05, 0.1) is 39.8 Å². The summed E-state index contributed by atoms with van der Waals surface area (Å²) >= 11 is 0. The number of esters is 1. The summed E-state index contributed by atoms with van der Waals surface area (Å²) in [5.74, 6) is -0.388. The average molecular weight is 1050 g/mol. The van der Waals surface area contributed by atoms with Gasteiger partial charge in [-0.1, -0.05) is 108 Å². The maximum Gasteiger partial charge on any atom is 0.305 e. The van der Waals surface area contributed by atoms with E-state index in [0.29, 0.717) is 79.0 Å². The third kappa shape index (κ3) is 50.3. The molecule has 0 aromatic carbocycles. The van der Waals surface area contributed by atoms with Gasteiger partial charge < -0.3 is 33.3 Å². The number of allylic oxidation sites excluding steroid dienone is 10. The fraction of sp³-hybridized carbons (Fsp3) is 0.787. The minimum Gasteiger partial charge on any atom is -0.465 e. The minimum atomic E-state index is -0.247. The lowest BCUT2D eigenvalue weighted by Gasteiger charge is -2.18. The van der Waals surface area contributed by atoms with Crippen LogP contribution >= 0.6 is 0 Å². The van der Waals surface area contributed by atoms with Gasteiger partial charge in [0.25, 0.3) is 0 Å². The van der Waals surface area contributed by atoms with Gasteiger partial charge in [-0.15, -0.1) is 0 Å². The van der Waals surface area contributed by atoms with Crippen LogP contribution in [0, 0.1) is 5.92 Å². The third-order valence-electron chi connectivity index (χ3n) is 12.6. The molecular formula is C61H110N2O11. The highest BCUT2D eigenvalue weighted by Gasteiger charge is 2.14.